The van der Waals surface area contributed by atoms with Gasteiger partial charge in [0.05, 0.1) is 11.3 Å². The van der Waals surface area contributed by atoms with E-state index in [2.05, 4.69) is 72.1 Å². The molecule has 0 radical (unpaired) electrons. The van der Waals surface area contributed by atoms with Crippen molar-refractivity contribution >= 4 is 0 Å². The van der Waals surface area contributed by atoms with E-state index in [1.54, 1.807) is 0 Å². The zero-order valence-electron chi connectivity index (χ0n) is 12.3. The van der Waals surface area contributed by atoms with Crippen LogP contribution in [-0.2, 0) is 6.54 Å². The summed E-state index contributed by atoms with van der Waals surface area (Å²) < 4.78 is 2.33. The predicted octanol–water partition coefficient (Wildman–Crippen LogP) is 3.68. The molecule has 0 saturated carbocycles. The molecule has 3 heterocycles. The van der Waals surface area contributed by atoms with Gasteiger partial charge in [-0.2, -0.15) is 4.57 Å². The van der Waals surface area contributed by atoms with Crippen LogP contribution in [0.4, 0.5) is 0 Å². The van der Waals surface area contributed by atoms with Gasteiger partial charge in [0.1, 0.15) is 0 Å². The number of benzene rings is 1. The lowest BCUT2D eigenvalue weighted by Gasteiger charge is -2.06. The van der Waals surface area contributed by atoms with Gasteiger partial charge in [0.25, 0.3) is 0 Å². The third-order valence-electron chi connectivity index (χ3n) is 4.27. The average Bonchev–Trinajstić information content (AvgIpc) is 2.85. The highest BCUT2D eigenvalue weighted by molar-refractivity contribution is 5.74. The molecule has 1 aliphatic rings. The van der Waals surface area contributed by atoms with Crippen molar-refractivity contribution in [3.63, 3.8) is 0 Å². The SMILES string of the molecule is Cc1c[n+]2c(cc1-c1ccccc1)-c1c(ccnc1C)C2. The summed E-state index contributed by atoms with van der Waals surface area (Å²) in [5.41, 5.74) is 8.94. The summed E-state index contributed by atoms with van der Waals surface area (Å²) in [6.45, 7) is 5.23. The number of hydrogen-bond acceptors (Lipinski definition) is 1. The minimum atomic E-state index is 0.948. The standard InChI is InChI=1S/C19H17N2/c1-13-11-21-12-16-8-9-20-14(2)19(16)18(21)10-17(13)15-6-4-3-5-7-15/h3-11H,12H2,1-2H3/q+1. The molecule has 3 aromatic rings. The van der Waals surface area contributed by atoms with Gasteiger partial charge in [0.2, 0.25) is 5.69 Å². The van der Waals surface area contributed by atoms with Crippen molar-refractivity contribution in [1.82, 2.24) is 4.98 Å². The summed E-state index contributed by atoms with van der Waals surface area (Å²) in [4.78, 5) is 4.46. The summed E-state index contributed by atoms with van der Waals surface area (Å²) in [7, 11) is 0. The molecule has 21 heavy (non-hydrogen) atoms. The molecule has 0 N–H and O–H groups in total. The van der Waals surface area contributed by atoms with E-state index >= 15 is 0 Å². The third-order valence-corrected chi connectivity index (χ3v) is 4.27. The molecular formula is C19H17N2+. The highest BCUT2D eigenvalue weighted by Gasteiger charge is 2.29. The van der Waals surface area contributed by atoms with Gasteiger partial charge in [-0.25, -0.2) is 0 Å². The minimum Gasteiger partial charge on any atom is -0.261 e. The van der Waals surface area contributed by atoms with Crippen LogP contribution in [0.15, 0.2) is 54.9 Å². The summed E-state index contributed by atoms with van der Waals surface area (Å²) in [5.74, 6) is 0. The summed E-state index contributed by atoms with van der Waals surface area (Å²) in [6, 6.07) is 15.0. The lowest BCUT2D eigenvalue weighted by molar-refractivity contribution is -0.672. The Bertz CT molecular complexity index is 836. The number of hydrogen-bond donors (Lipinski definition) is 0. The van der Waals surface area contributed by atoms with Gasteiger partial charge in [0, 0.05) is 23.4 Å². The van der Waals surface area contributed by atoms with Crippen LogP contribution in [0.25, 0.3) is 22.4 Å². The molecular weight excluding hydrogens is 256 g/mol. The smallest absolute Gasteiger partial charge is 0.215 e. The Kier molecular flexibility index (Phi) is 2.64. The van der Waals surface area contributed by atoms with Crippen molar-refractivity contribution in [2.45, 2.75) is 20.4 Å². The summed E-state index contributed by atoms with van der Waals surface area (Å²) in [5, 5.41) is 0. The molecule has 0 saturated heterocycles. The largest absolute Gasteiger partial charge is 0.261 e. The van der Waals surface area contributed by atoms with Crippen LogP contribution in [0.5, 0.6) is 0 Å². The summed E-state index contributed by atoms with van der Waals surface area (Å²) in [6.07, 6.45) is 4.17. The maximum atomic E-state index is 4.46. The first-order valence-electron chi connectivity index (χ1n) is 7.28. The molecule has 2 nitrogen and oxygen atoms in total. The molecule has 0 bridgehead atoms. The summed E-state index contributed by atoms with van der Waals surface area (Å²) >= 11 is 0. The van der Waals surface area contributed by atoms with Crippen LogP contribution in [0.2, 0.25) is 0 Å². The van der Waals surface area contributed by atoms with Crippen LogP contribution in [-0.4, -0.2) is 4.98 Å². The van der Waals surface area contributed by atoms with E-state index in [0.717, 1.165) is 12.2 Å². The van der Waals surface area contributed by atoms with Gasteiger partial charge < -0.3 is 0 Å². The van der Waals surface area contributed by atoms with Crippen LogP contribution in [0.1, 0.15) is 16.8 Å². The number of rotatable bonds is 1. The zero-order chi connectivity index (χ0) is 14.4. The molecule has 0 amide bonds. The van der Waals surface area contributed by atoms with Gasteiger partial charge in [-0.3, -0.25) is 4.98 Å². The number of aryl methyl sites for hydroxylation is 2. The fourth-order valence-corrected chi connectivity index (χ4v) is 3.27. The Hall–Kier alpha value is -2.48. The van der Waals surface area contributed by atoms with Gasteiger partial charge >= 0.3 is 0 Å². The lowest BCUT2D eigenvalue weighted by Crippen LogP contribution is -2.32. The normalized spacial score (nSPS) is 12.1. The van der Waals surface area contributed by atoms with E-state index in [0.29, 0.717) is 0 Å². The lowest BCUT2D eigenvalue weighted by atomic mass is 9.99. The van der Waals surface area contributed by atoms with E-state index in [1.807, 2.05) is 6.20 Å². The van der Waals surface area contributed by atoms with E-state index in [1.165, 1.54) is 33.5 Å². The molecule has 2 aromatic heterocycles. The van der Waals surface area contributed by atoms with Crippen LogP contribution >= 0.6 is 0 Å². The molecule has 0 aliphatic carbocycles. The van der Waals surface area contributed by atoms with Crippen molar-refractivity contribution in [3.05, 3.63) is 71.7 Å². The zero-order valence-corrected chi connectivity index (χ0v) is 12.3. The second-order valence-electron chi connectivity index (χ2n) is 5.68. The molecule has 2 heteroatoms. The Morgan fingerprint density at radius 3 is 2.67 bits per heavy atom. The maximum Gasteiger partial charge on any atom is 0.215 e. The topological polar surface area (TPSA) is 16.8 Å². The Morgan fingerprint density at radius 1 is 1.05 bits per heavy atom. The van der Waals surface area contributed by atoms with Gasteiger partial charge in [-0.05, 0) is 31.0 Å². The molecule has 102 valence electrons. The fourth-order valence-electron chi connectivity index (χ4n) is 3.27. The first kappa shape index (κ1) is 12.3. The molecule has 0 spiro atoms. The van der Waals surface area contributed by atoms with E-state index in [-0.39, 0.29) is 0 Å². The monoisotopic (exact) mass is 273 g/mol. The average molecular weight is 273 g/mol. The quantitative estimate of drug-likeness (QED) is 0.483. The van der Waals surface area contributed by atoms with Crippen LogP contribution < -0.4 is 4.57 Å². The highest BCUT2D eigenvalue weighted by Crippen LogP contribution is 2.33. The number of nitrogens with zero attached hydrogens (tertiary/aromatic N) is 2. The Balaban J connectivity index is 1.96. The van der Waals surface area contributed by atoms with Gasteiger partial charge in [0.15, 0.2) is 12.7 Å². The van der Waals surface area contributed by atoms with Crippen molar-refractivity contribution in [3.8, 4) is 22.4 Å². The molecule has 1 aliphatic heterocycles. The van der Waals surface area contributed by atoms with E-state index < -0.39 is 0 Å². The van der Waals surface area contributed by atoms with Crippen molar-refractivity contribution in [2.75, 3.05) is 0 Å². The fraction of sp³-hybridized carbons (Fsp3) is 0.158. The number of pyridine rings is 2. The molecule has 0 unspecified atom stereocenters. The molecule has 0 fully saturated rings. The van der Waals surface area contributed by atoms with Crippen LogP contribution in [0.3, 0.4) is 0 Å². The first-order valence-corrected chi connectivity index (χ1v) is 7.28. The number of fused-ring (bicyclic) bond motifs is 3. The van der Waals surface area contributed by atoms with Gasteiger partial charge in [-0.1, -0.05) is 30.3 Å². The van der Waals surface area contributed by atoms with E-state index in [9.17, 15) is 0 Å². The van der Waals surface area contributed by atoms with Crippen LogP contribution in [0, 0.1) is 13.8 Å². The Morgan fingerprint density at radius 2 is 1.86 bits per heavy atom. The van der Waals surface area contributed by atoms with Crippen molar-refractivity contribution < 1.29 is 4.57 Å². The molecule has 0 atom stereocenters. The van der Waals surface area contributed by atoms with Crippen molar-refractivity contribution in [1.29, 1.82) is 0 Å². The second kappa shape index (κ2) is 4.52. The first-order chi connectivity index (χ1) is 10.2. The molecule has 4 rings (SSSR count). The highest BCUT2D eigenvalue weighted by atomic mass is 15.0. The van der Waals surface area contributed by atoms with Crippen molar-refractivity contribution in [2.24, 2.45) is 0 Å². The van der Waals surface area contributed by atoms with Gasteiger partial charge in [-0.15, -0.1) is 0 Å². The predicted molar refractivity (Wildman–Crippen MR) is 83.9 cm³/mol. The Labute approximate surface area is 124 Å². The maximum absolute atomic E-state index is 4.46. The third kappa shape index (κ3) is 1.87. The number of aromatic nitrogens is 2. The minimum absolute atomic E-state index is 0.948. The second-order valence-corrected chi connectivity index (χ2v) is 5.68. The molecule has 1 aromatic carbocycles. The van der Waals surface area contributed by atoms with E-state index in [4.69, 9.17) is 0 Å².